The van der Waals surface area contributed by atoms with Gasteiger partial charge in [-0.25, -0.2) is 25.3 Å². The maximum absolute atomic E-state index is 11.0. The van der Waals surface area contributed by atoms with Crippen molar-refractivity contribution in [1.82, 2.24) is 0 Å². The first-order chi connectivity index (χ1) is 10.8. The molecule has 0 bridgehead atoms. The minimum Gasteiger partial charge on any atom is -0.229 e. The van der Waals surface area contributed by atoms with E-state index >= 15 is 0 Å². The largest absolute Gasteiger partial charge is 0.229 e. The van der Waals surface area contributed by atoms with Crippen LogP contribution in [0.5, 0.6) is 0 Å². The molecule has 0 N–H and O–H groups in total. The van der Waals surface area contributed by atoms with Crippen molar-refractivity contribution in [3.63, 3.8) is 0 Å². The van der Waals surface area contributed by atoms with Gasteiger partial charge in [0.2, 0.25) is 0 Å². The lowest BCUT2D eigenvalue weighted by molar-refractivity contribution is 0.592. The summed E-state index contributed by atoms with van der Waals surface area (Å²) in [6.07, 6.45) is 3.47. The SMILES string of the molecule is CC1CC(C)S(=O)(=O)C1.CC1CCS(=O)(=O)C1.O=S1(=O)CCCC1. The molecule has 3 unspecified atom stereocenters. The summed E-state index contributed by atoms with van der Waals surface area (Å²) in [4.78, 5) is 0. The smallest absolute Gasteiger partial charge is 0.153 e. The van der Waals surface area contributed by atoms with E-state index in [4.69, 9.17) is 0 Å². The van der Waals surface area contributed by atoms with Crippen LogP contribution in [0.15, 0.2) is 0 Å². The molecular weight excluding hydrogens is 372 g/mol. The Hall–Kier alpha value is -0.150. The second kappa shape index (κ2) is 8.49. The summed E-state index contributed by atoms with van der Waals surface area (Å²) in [7, 11) is -7.82. The molecule has 0 aromatic heterocycles. The predicted octanol–water partition coefficient (Wildman–Crippen LogP) is 1.47. The Morgan fingerprint density at radius 3 is 1.33 bits per heavy atom. The van der Waals surface area contributed by atoms with Gasteiger partial charge in [-0.15, -0.1) is 0 Å². The topological polar surface area (TPSA) is 102 Å². The predicted molar refractivity (Wildman–Crippen MR) is 97.4 cm³/mol. The first-order valence-electron chi connectivity index (χ1n) is 8.45. The molecule has 0 radical (unpaired) electrons. The van der Waals surface area contributed by atoms with Crippen molar-refractivity contribution in [3.05, 3.63) is 0 Å². The first-order valence-corrected chi connectivity index (χ1v) is 13.8. The van der Waals surface area contributed by atoms with Crippen LogP contribution in [0.2, 0.25) is 0 Å². The molecule has 3 heterocycles. The Bertz CT molecular complexity index is 694. The molecule has 0 aliphatic carbocycles. The fraction of sp³-hybridized carbons (Fsp3) is 1.00. The molecule has 0 aromatic carbocycles. The molecule has 3 aliphatic heterocycles. The van der Waals surface area contributed by atoms with Crippen LogP contribution in [0.25, 0.3) is 0 Å². The summed E-state index contributed by atoms with van der Waals surface area (Å²) in [5.41, 5.74) is 0. The van der Waals surface area contributed by atoms with E-state index in [1.165, 1.54) is 0 Å². The van der Waals surface area contributed by atoms with Crippen molar-refractivity contribution in [2.24, 2.45) is 11.8 Å². The summed E-state index contributed by atoms with van der Waals surface area (Å²) >= 11 is 0. The van der Waals surface area contributed by atoms with Gasteiger partial charge in [0, 0.05) is 0 Å². The third-order valence-electron chi connectivity index (χ3n) is 4.48. The zero-order valence-electron chi connectivity index (χ0n) is 14.8. The molecular formula is C15H30O6S3. The Labute approximate surface area is 147 Å². The lowest BCUT2D eigenvalue weighted by Gasteiger charge is -1.96. The molecule has 0 saturated carbocycles. The van der Waals surface area contributed by atoms with Gasteiger partial charge in [0.05, 0.1) is 34.0 Å². The summed E-state index contributed by atoms with van der Waals surface area (Å²) in [6.45, 7) is 5.75. The van der Waals surface area contributed by atoms with E-state index in [2.05, 4.69) is 0 Å². The quantitative estimate of drug-likeness (QED) is 0.608. The van der Waals surface area contributed by atoms with E-state index in [0.29, 0.717) is 40.6 Å². The second-order valence-corrected chi connectivity index (χ2v) is 14.3. The number of sulfone groups is 3. The molecule has 3 aliphatic rings. The van der Waals surface area contributed by atoms with Crippen LogP contribution in [0.4, 0.5) is 0 Å². The molecule has 0 spiro atoms. The van der Waals surface area contributed by atoms with Crippen molar-refractivity contribution >= 4 is 29.5 Å². The maximum atomic E-state index is 11.0. The van der Waals surface area contributed by atoms with Crippen LogP contribution in [-0.2, 0) is 29.5 Å². The van der Waals surface area contributed by atoms with E-state index in [-0.39, 0.29) is 5.25 Å². The fourth-order valence-corrected chi connectivity index (χ4v) is 8.40. The van der Waals surface area contributed by atoms with Crippen molar-refractivity contribution in [2.45, 2.75) is 51.7 Å². The minimum atomic E-state index is -2.67. The van der Waals surface area contributed by atoms with Crippen LogP contribution in [0, 0.1) is 11.8 Å². The van der Waals surface area contributed by atoms with Gasteiger partial charge in [-0.3, -0.25) is 0 Å². The lowest BCUT2D eigenvalue weighted by atomic mass is 10.1. The lowest BCUT2D eigenvalue weighted by Crippen LogP contribution is -2.10. The van der Waals surface area contributed by atoms with Gasteiger partial charge in [0.15, 0.2) is 19.7 Å². The van der Waals surface area contributed by atoms with Crippen molar-refractivity contribution in [1.29, 1.82) is 0 Å². The Kier molecular flexibility index (Phi) is 7.74. The highest BCUT2D eigenvalue weighted by molar-refractivity contribution is 7.92. The molecule has 144 valence electrons. The Balaban J connectivity index is 0.000000181. The second-order valence-electron chi connectivity index (χ2n) is 7.35. The van der Waals surface area contributed by atoms with Gasteiger partial charge in [-0.2, -0.15) is 0 Å². The summed E-state index contributed by atoms with van der Waals surface area (Å²) in [6, 6.07) is 0. The fourth-order valence-electron chi connectivity index (χ4n) is 3.07. The van der Waals surface area contributed by atoms with Crippen LogP contribution < -0.4 is 0 Å². The minimum absolute atomic E-state index is 0.0903. The zero-order valence-corrected chi connectivity index (χ0v) is 17.2. The molecule has 0 aromatic rings. The molecule has 6 nitrogen and oxygen atoms in total. The molecule has 24 heavy (non-hydrogen) atoms. The highest BCUT2D eigenvalue weighted by Gasteiger charge is 2.32. The van der Waals surface area contributed by atoms with E-state index < -0.39 is 29.5 Å². The molecule has 3 rings (SSSR count). The van der Waals surface area contributed by atoms with Crippen molar-refractivity contribution < 1.29 is 25.3 Å². The highest BCUT2D eigenvalue weighted by atomic mass is 32.2. The van der Waals surface area contributed by atoms with Gasteiger partial charge in [-0.1, -0.05) is 13.8 Å². The van der Waals surface area contributed by atoms with Crippen LogP contribution in [0.1, 0.15) is 46.5 Å². The van der Waals surface area contributed by atoms with Gasteiger partial charge >= 0.3 is 0 Å². The van der Waals surface area contributed by atoms with Crippen LogP contribution in [0.3, 0.4) is 0 Å². The maximum Gasteiger partial charge on any atom is 0.153 e. The molecule has 3 fully saturated rings. The van der Waals surface area contributed by atoms with Crippen molar-refractivity contribution in [3.8, 4) is 0 Å². The third-order valence-corrected chi connectivity index (χ3v) is 10.7. The Morgan fingerprint density at radius 2 is 1.21 bits per heavy atom. The Morgan fingerprint density at radius 1 is 0.667 bits per heavy atom. The monoisotopic (exact) mass is 402 g/mol. The van der Waals surface area contributed by atoms with Gasteiger partial charge in [0.1, 0.15) is 9.84 Å². The summed E-state index contributed by atoms with van der Waals surface area (Å²) in [5, 5.41) is -0.0903. The molecule has 9 heteroatoms. The molecule has 3 saturated heterocycles. The van der Waals surface area contributed by atoms with Crippen molar-refractivity contribution in [2.75, 3.05) is 28.8 Å². The average Bonchev–Trinajstić information content (AvgIpc) is 3.00. The number of hydrogen-bond donors (Lipinski definition) is 0. The van der Waals surface area contributed by atoms with E-state index in [1.54, 1.807) is 6.92 Å². The average molecular weight is 403 g/mol. The normalized spacial score (nSPS) is 35.4. The van der Waals surface area contributed by atoms with E-state index in [9.17, 15) is 25.3 Å². The van der Waals surface area contributed by atoms with Gasteiger partial charge < -0.3 is 0 Å². The number of rotatable bonds is 0. The summed E-state index contributed by atoms with van der Waals surface area (Å²) < 4.78 is 64.1. The van der Waals surface area contributed by atoms with Gasteiger partial charge in [0.25, 0.3) is 0 Å². The van der Waals surface area contributed by atoms with E-state index in [1.807, 2.05) is 13.8 Å². The zero-order chi connectivity index (χ0) is 18.6. The number of hydrogen-bond acceptors (Lipinski definition) is 6. The van der Waals surface area contributed by atoms with E-state index in [0.717, 1.165) is 25.7 Å². The highest BCUT2D eigenvalue weighted by Crippen LogP contribution is 2.24. The molecule has 3 atom stereocenters. The summed E-state index contributed by atoms with van der Waals surface area (Å²) in [5.74, 6) is 2.85. The first kappa shape index (κ1) is 21.9. The standard InChI is InChI=1S/C6H12O2S.C5H10O2S.C4H8O2S/c1-5-3-6(2)9(7,8)4-5;1-5-2-3-8(6,7)4-5;5-7(6)3-1-2-4-7/h5-6H,3-4H2,1-2H3;5H,2-4H2,1H3;1-4H2. The van der Waals surface area contributed by atoms with Crippen LogP contribution >= 0.6 is 0 Å². The van der Waals surface area contributed by atoms with Crippen LogP contribution in [-0.4, -0.2) is 59.3 Å². The molecule has 0 amide bonds. The van der Waals surface area contributed by atoms with Gasteiger partial charge in [-0.05, 0) is 44.4 Å². The third kappa shape index (κ3) is 7.82.